The van der Waals surface area contributed by atoms with E-state index in [0.717, 1.165) is 149 Å². The molecule has 0 amide bonds. The SMILES string of the molecule is c1ccc(-c2ccc(-c3ccccc3)c(-c3cc(-c4cccc(-n5c6ccccc6c6cc(-c7ccc8oc9ccccc9c8c7)ccc65)c4)nc(-n4c5ccccc5c5cc(-c6ccc7oc8ccccc8c7c6)ccc54)n3)c2)cc1. The molecule has 0 saturated carbocycles. The largest absolute Gasteiger partial charge is 0.456 e. The van der Waals surface area contributed by atoms with Crippen LogP contribution in [0.1, 0.15) is 0 Å². The van der Waals surface area contributed by atoms with Crippen molar-refractivity contribution in [1.82, 2.24) is 19.1 Å². The second-order valence-corrected chi connectivity index (χ2v) is 21.3. The lowest BCUT2D eigenvalue weighted by Crippen LogP contribution is -2.05. The van der Waals surface area contributed by atoms with Crippen LogP contribution in [0.5, 0.6) is 0 Å². The zero-order valence-electron chi connectivity index (χ0n) is 44.2. The second kappa shape index (κ2) is 18.2. The Morgan fingerprint density at radius 3 is 1.29 bits per heavy atom. The maximum Gasteiger partial charge on any atom is 0.235 e. The standard InChI is InChI=1S/C76H46N4O2/c1-3-16-47(17-4-1)49-30-35-56(48-18-5-2-6-19-48)61(41-49)67-46-66(77-76(78-67)80-69-27-12-8-23-58(69)63-43-51(32-37-71(63)80)53-34-39-75-65(45-53)60-25-10-14-29-73(60)82-75)54-20-15-21-55(40-54)79-68-26-11-7-22-57(68)62-42-50(31-36-70(62)79)52-33-38-74-64(44-52)59-24-9-13-28-72(59)81-74/h1-46H. The van der Waals surface area contributed by atoms with Crippen LogP contribution in [0.2, 0.25) is 0 Å². The number of para-hydroxylation sites is 4. The van der Waals surface area contributed by atoms with E-state index in [0.29, 0.717) is 5.95 Å². The highest BCUT2D eigenvalue weighted by atomic mass is 16.3. The highest BCUT2D eigenvalue weighted by Gasteiger charge is 2.22. The topological polar surface area (TPSA) is 61.9 Å². The normalized spacial score (nSPS) is 11.9. The average molecular weight is 1050 g/mol. The molecule has 17 rings (SSSR count). The number of rotatable bonds is 8. The van der Waals surface area contributed by atoms with Crippen molar-refractivity contribution in [2.24, 2.45) is 0 Å². The molecular weight excluding hydrogens is 1000 g/mol. The number of fused-ring (bicyclic) bond motifs is 12. The molecule has 0 atom stereocenters. The van der Waals surface area contributed by atoms with Crippen LogP contribution in [0.3, 0.4) is 0 Å². The summed E-state index contributed by atoms with van der Waals surface area (Å²) in [6, 6.07) is 99.5. The van der Waals surface area contributed by atoms with Crippen molar-refractivity contribution in [1.29, 1.82) is 0 Å². The van der Waals surface area contributed by atoms with Gasteiger partial charge in [0, 0.05) is 59.9 Å². The van der Waals surface area contributed by atoms with Crippen molar-refractivity contribution in [3.05, 3.63) is 279 Å². The van der Waals surface area contributed by atoms with E-state index in [1.165, 1.54) is 10.8 Å². The molecular formula is C76H46N4O2. The van der Waals surface area contributed by atoms with Gasteiger partial charge in [-0.15, -0.1) is 0 Å². The van der Waals surface area contributed by atoms with Gasteiger partial charge in [-0.2, -0.15) is 0 Å². The van der Waals surface area contributed by atoms with Crippen molar-refractivity contribution in [3.63, 3.8) is 0 Å². The van der Waals surface area contributed by atoms with Crippen LogP contribution in [-0.4, -0.2) is 19.1 Å². The summed E-state index contributed by atoms with van der Waals surface area (Å²) in [6.45, 7) is 0. The minimum Gasteiger partial charge on any atom is -0.456 e. The van der Waals surface area contributed by atoms with Gasteiger partial charge in [-0.3, -0.25) is 4.57 Å². The van der Waals surface area contributed by atoms with Crippen LogP contribution in [0.4, 0.5) is 0 Å². The van der Waals surface area contributed by atoms with E-state index in [-0.39, 0.29) is 0 Å². The smallest absolute Gasteiger partial charge is 0.235 e. The molecule has 0 unspecified atom stereocenters. The summed E-state index contributed by atoms with van der Waals surface area (Å²) >= 11 is 0. The van der Waals surface area contributed by atoms with Gasteiger partial charge in [0.25, 0.3) is 0 Å². The number of hydrogen-bond acceptors (Lipinski definition) is 4. The summed E-state index contributed by atoms with van der Waals surface area (Å²) in [5, 5.41) is 9.04. The molecule has 0 radical (unpaired) electrons. The first-order valence-electron chi connectivity index (χ1n) is 27.8. The number of furan rings is 2. The summed E-state index contributed by atoms with van der Waals surface area (Å²) in [5.74, 6) is 0.582. The van der Waals surface area contributed by atoms with Gasteiger partial charge in [0.2, 0.25) is 5.95 Å². The van der Waals surface area contributed by atoms with Crippen LogP contribution < -0.4 is 0 Å². The van der Waals surface area contributed by atoms with Crippen molar-refractivity contribution >= 4 is 87.5 Å². The maximum atomic E-state index is 6.24. The number of benzene rings is 12. The van der Waals surface area contributed by atoms with Crippen molar-refractivity contribution in [2.45, 2.75) is 0 Å². The summed E-state index contributed by atoms with van der Waals surface area (Å²) in [6.07, 6.45) is 0. The third-order valence-electron chi connectivity index (χ3n) is 16.6. The average Bonchev–Trinajstić information content (AvgIpc) is 4.46. The molecule has 12 aromatic carbocycles. The first-order chi connectivity index (χ1) is 40.6. The van der Waals surface area contributed by atoms with Crippen molar-refractivity contribution in [2.75, 3.05) is 0 Å². The zero-order valence-corrected chi connectivity index (χ0v) is 44.2. The molecule has 82 heavy (non-hydrogen) atoms. The third-order valence-corrected chi connectivity index (χ3v) is 16.6. The Kier molecular flexibility index (Phi) is 10.2. The predicted octanol–water partition coefficient (Wildman–Crippen LogP) is 20.5. The molecule has 0 aliphatic carbocycles. The summed E-state index contributed by atoms with van der Waals surface area (Å²) in [5.41, 5.74) is 21.4. The Balaban J connectivity index is 0.859. The highest BCUT2D eigenvalue weighted by Crippen LogP contribution is 2.42. The number of hydrogen-bond donors (Lipinski definition) is 0. The first kappa shape index (κ1) is 45.9. The molecule has 6 nitrogen and oxygen atoms in total. The van der Waals surface area contributed by atoms with Gasteiger partial charge < -0.3 is 13.4 Å². The molecule has 17 aromatic rings. The van der Waals surface area contributed by atoms with E-state index < -0.39 is 0 Å². The molecule has 0 saturated heterocycles. The van der Waals surface area contributed by atoms with Crippen LogP contribution in [0, 0.1) is 0 Å². The fourth-order valence-electron chi connectivity index (χ4n) is 12.7. The van der Waals surface area contributed by atoms with Gasteiger partial charge in [0.1, 0.15) is 22.3 Å². The molecule has 0 aliphatic heterocycles. The van der Waals surface area contributed by atoms with Gasteiger partial charge >= 0.3 is 0 Å². The molecule has 0 aliphatic rings. The van der Waals surface area contributed by atoms with Gasteiger partial charge in [-0.25, -0.2) is 9.97 Å². The van der Waals surface area contributed by atoms with E-state index >= 15 is 0 Å². The minimum absolute atomic E-state index is 0.582. The molecule has 0 spiro atoms. The Morgan fingerprint density at radius 1 is 0.232 bits per heavy atom. The van der Waals surface area contributed by atoms with Crippen molar-refractivity contribution < 1.29 is 8.83 Å². The quantitative estimate of drug-likeness (QED) is 0.152. The monoisotopic (exact) mass is 1050 g/mol. The number of nitrogens with zero attached hydrogens (tertiary/aromatic N) is 4. The Morgan fingerprint density at radius 2 is 0.671 bits per heavy atom. The van der Waals surface area contributed by atoms with E-state index in [1.807, 2.05) is 24.3 Å². The van der Waals surface area contributed by atoms with Gasteiger partial charge in [-0.1, -0.05) is 182 Å². The Hall–Kier alpha value is -11.1. The van der Waals surface area contributed by atoms with Crippen molar-refractivity contribution in [3.8, 4) is 78.7 Å². The van der Waals surface area contributed by atoms with Gasteiger partial charge in [-0.05, 0) is 142 Å². The second-order valence-electron chi connectivity index (χ2n) is 21.3. The molecule has 0 N–H and O–H groups in total. The molecule has 382 valence electrons. The Labute approximate surface area is 470 Å². The lowest BCUT2D eigenvalue weighted by atomic mass is 9.93. The predicted molar refractivity (Wildman–Crippen MR) is 338 cm³/mol. The van der Waals surface area contributed by atoms with Crippen LogP contribution in [0.15, 0.2) is 288 Å². The summed E-state index contributed by atoms with van der Waals surface area (Å²) in [7, 11) is 0. The van der Waals surface area contributed by atoms with E-state index in [1.54, 1.807) is 0 Å². The zero-order chi connectivity index (χ0) is 53.8. The molecule has 6 heteroatoms. The number of aromatic nitrogens is 4. The molecule has 5 heterocycles. The van der Waals surface area contributed by atoms with Gasteiger partial charge in [0.05, 0.1) is 33.5 Å². The maximum absolute atomic E-state index is 6.24. The third kappa shape index (κ3) is 7.35. The van der Waals surface area contributed by atoms with E-state index in [9.17, 15) is 0 Å². The fraction of sp³-hybridized carbons (Fsp3) is 0. The van der Waals surface area contributed by atoms with Gasteiger partial charge in [0.15, 0.2) is 0 Å². The van der Waals surface area contributed by atoms with E-state index in [2.05, 4.69) is 264 Å². The molecule has 0 bridgehead atoms. The molecule has 0 fully saturated rings. The van der Waals surface area contributed by atoms with Crippen LogP contribution in [0.25, 0.3) is 166 Å². The van der Waals surface area contributed by atoms with Crippen LogP contribution in [-0.2, 0) is 0 Å². The van der Waals surface area contributed by atoms with Crippen LogP contribution >= 0.6 is 0 Å². The summed E-state index contributed by atoms with van der Waals surface area (Å²) < 4.78 is 17.1. The fourth-order valence-corrected chi connectivity index (χ4v) is 12.7. The minimum atomic E-state index is 0.582. The lowest BCUT2D eigenvalue weighted by molar-refractivity contribution is 0.668. The van der Waals surface area contributed by atoms with E-state index in [4.69, 9.17) is 18.8 Å². The highest BCUT2D eigenvalue weighted by molar-refractivity contribution is 6.13. The first-order valence-corrected chi connectivity index (χ1v) is 27.8. The summed E-state index contributed by atoms with van der Waals surface area (Å²) in [4.78, 5) is 11.3. The lowest BCUT2D eigenvalue weighted by Gasteiger charge is -2.16. The molecule has 5 aromatic heterocycles. The Bertz CT molecular complexity index is 5410.